The van der Waals surface area contributed by atoms with Crippen molar-refractivity contribution in [2.24, 2.45) is 5.92 Å². The lowest BCUT2D eigenvalue weighted by atomic mass is 9.96. The fourth-order valence-corrected chi connectivity index (χ4v) is 3.58. The number of piperidine rings is 1. The van der Waals surface area contributed by atoms with Gasteiger partial charge in [-0.05, 0) is 44.9 Å². The molecule has 0 radical (unpaired) electrons. The summed E-state index contributed by atoms with van der Waals surface area (Å²) in [5, 5.41) is 16.7. The van der Waals surface area contributed by atoms with Crippen LogP contribution >= 0.6 is 11.6 Å². The van der Waals surface area contributed by atoms with Gasteiger partial charge >= 0.3 is 0 Å². The Morgan fingerprint density at radius 1 is 1.21 bits per heavy atom. The molecule has 4 rings (SSSR count). The third-order valence-corrected chi connectivity index (χ3v) is 5.20. The predicted molar refractivity (Wildman–Crippen MR) is 109 cm³/mol. The number of anilines is 2. The van der Waals surface area contributed by atoms with Crippen molar-refractivity contribution in [1.82, 2.24) is 25.0 Å². The molecule has 0 aliphatic carbocycles. The van der Waals surface area contributed by atoms with Gasteiger partial charge in [0.15, 0.2) is 16.6 Å². The Labute approximate surface area is 167 Å². The van der Waals surface area contributed by atoms with E-state index in [9.17, 15) is 4.79 Å². The van der Waals surface area contributed by atoms with Crippen LogP contribution in [0.4, 0.5) is 11.5 Å². The van der Waals surface area contributed by atoms with Gasteiger partial charge in [0.25, 0.3) is 0 Å². The van der Waals surface area contributed by atoms with Crippen LogP contribution in [0.2, 0.25) is 5.15 Å². The van der Waals surface area contributed by atoms with Crippen LogP contribution < -0.4 is 10.2 Å². The zero-order valence-electron chi connectivity index (χ0n) is 15.8. The SMILES string of the molecule is CC(C)n1ncc2cc(NC(=O)C3CCN(c4ccc(Cl)nn4)CC3)cnc21. The van der Waals surface area contributed by atoms with Gasteiger partial charge in [0.2, 0.25) is 5.91 Å². The summed E-state index contributed by atoms with van der Waals surface area (Å²) in [6.45, 7) is 5.64. The van der Waals surface area contributed by atoms with Crippen LogP contribution in [0.1, 0.15) is 32.7 Å². The van der Waals surface area contributed by atoms with E-state index < -0.39 is 0 Å². The number of nitrogens with one attached hydrogen (secondary N) is 1. The molecule has 1 saturated heterocycles. The van der Waals surface area contributed by atoms with E-state index in [1.54, 1.807) is 18.5 Å². The van der Waals surface area contributed by atoms with E-state index >= 15 is 0 Å². The summed E-state index contributed by atoms with van der Waals surface area (Å²) >= 11 is 5.79. The zero-order valence-corrected chi connectivity index (χ0v) is 16.6. The molecule has 8 nitrogen and oxygen atoms in total. The second-order valence-electron chi connectivity index (χ2n) is 7.28. The van der Waals surface area contributed by atoms with Gasteiger partial charge in [0.05, 0.1) is 18.1 Å². The molecular formula is C19H22ClN7O. The third kappa shape index (κ3) is 3.77. The molecule has 1 fully saturated rings. The highest BCUT2D eigenvalue weighted by atomic mass is 35.5. The van der Waals surface area contributed by atoms with E-state index in [1.165, 1.54) is 0 Å². The Hall–Kier alpha value is -2.74. The lowest BCUT2D eigenvalue weighted by molar-refractivity contribution is -0.120. The molecule has 1 N–H and O–H groups in total. The van der Waals surface area contributed by atoms with E-state index in [4.69, 9.17) is 11.6 Å². The van der Waals surface area contributed by atoms with E-state index in [1.807, 2.05) is 16.8 Å². The number of hydrogen-bond donors (Lipinski definition) is 1. The van der Waals surface area contributed by atoms with Gasteiger partial charge in [-0.1, -0.05) is 11.6 Å². The van der Waals surface area contributed by atoms with Crippen molar-refractivity contribution in [2.75, 3.05) is 23.3 Å². The molecule has 1 aliphatic heterocycles. The van der Waals surface area contributed by atoms with Crippen LogP contribution in [0, 0.1) is 5.92 Å². The highest BCUT2D eigenvalue weighted by molar-refractivity contribution is 6.29. The zero-order chi connectivity index (χ0) is 19.7. The molecule has 4 heterocycles. The van der Waals surface area contributed by atoms with E-state index in [2.05, 4.69) is 44.3 Å². The Morgan fingerprint density at radius 3 is 2.68 bits per heavy atom. The molecule has 28 heavy (non-hydrogen) atoms. The molecule has 0 atom stereocenters. The first-order valence-corrected chi connectivity index (χ1v) is 9.77. The van der Waals surface area contributed by atoms with Gasteiger partial charge in [0, 0.05) is 30.4 Å². The van der Waals surface area contributed by atoms with Gasteiger partial charge in [0.1, 0.15) is 0 Å². The summed E-state index contributed by atoms with van der Waals surface area (Å²) in [7, 11) is 0. The van der Waals surface area contributed by atoms with Crippen molar-refractivity contribution in [2.45, 2.75) is 32.7 Å². The highest BCUT2D eigenvalue weighted by Crippen LogP contribution is 2.24. The number of halogens is 1. The summed E-state index contributed by atoms with van der Waals surface area (Å²) in [6.07, 6.45) is 5.00. The molecule has 0 saturated carbocycles. The topological polar surface area (TPSA) is 88.8 Å². The van der Waals surface area contributed by atoms with E-state index in [-0.39, 0.29) is 17.9 Å². The monoisotopic (exact) mass is 399 g/mol. The number of carbonyl (C=O) groups excluding carboxylic acids is 1. The van der Waals surface area contributed by atoms with Gasteiger partial charge in [-0.2, -0.15) is 5.10 Å². The predicted octanol–water partition coefficient (Wildman–Crippen LogP) is 3.31. The number of amides is 1. The maximum absolute atomic E-state index is 12.7. The van der Waals surface area contributed by atoms with Gasteiger partial charge in [-0.3, -0.25) is 4.79 Å². The molecule has 1 aliphatic rings. The second-order valence-corrected chi connectivity index (χ2v) is 7.67. The van der Waals surface area contributed by atoms with E-state index in [0.29, 0.717) is 10.8 Å². The van der Waals surface area contributed by atoms with Gasteiger partial charge in [-0.25, -0.2) is 9.67 Å². The Morgan fingerprint density at radius 2 is 2.00 bits per heavy atom. The maximum Gasteiger partial charge on any atom is 0.227 e. The summed E-state index contributed by atoms with van der Waals surface area (Å²) in [5.41, 5.74) is 1.53. The average Bonchev–Trinajstić information content (AvgIpc) is 3.12. The van der Waals surface area contributed by atoms with Crippen molar-refractivity contribution in [1.29, 1.82) is 0 Å². The maximum atomic E-state index is 12.7. The number of nitrogens with zero attached hydrogens (tertiary/aromatic N) is 6. The lowest BCUT2D eigenvalue weighted by Crippen LogP contribution is -2.38. The second kappa shape index (κ2) is 7.71. The van der Waals surface area contributed by atoms with Crippen LogP contribution in [0.5, 0.6) is 0 Å². The smallest absolute Gasteiger partial charge is 0.227 e. The summed E-state index contributed by atoms with van der Waals surface area (Å²) in [5.74, 6) is 0.782. The minimum absolute atomic E-state index is 0.0271. The molecule has 3 aromatic heterocycles. The first-order valence-electron chi connectivity index (χ1n) is 9.39. The molecule has 146 valence electrons. The van der Waals surface area contributed by atoms with E-state index in [0.717, 1.165) is 42.8 Å². The molecule has 3 aromatic rings. The molecule has 0 bridgehead atoms. The molecule has 1 amide bonds. The fraction of sp³-hybridized carbons (Fsp3) is 0.421. The van der Waals surface area contributed by atoms with Crippen LogP contribution in [0.15, 0.2) is 30.6 Å². The average molecular weight is 400 g/mol. The number of hydrogen-bond acceptors (Lipinski definition) is 6. The van der Waals surface area contributed by atoms with Crippen molar-refractivity contribution < 1.29 is 4.79 Å². The molecule has 0 spiro atoms. The van der Waals surface area contributed by atoms with Crippen molar-refractivity contribution >= 4 is 40.0 Å². The molecule has 0 unspecified atom stereocenters. The number of carbonyl (C=O) groups is 1. The Balaban J connectivity index is 1.38. The van der Waals surface area contributed by atoms with Crippen LogP contribution in [-0.2, 0) is 4.79 Å². The van der Waals surface area contributed by atoms with Gasteiger partial charge in [-0.15, -0.1) is 10.2 Å². The summed E-state index contributed by atoms with van der Waals surface area (Å²) < 4.78 is 1.87. The van der Waals surface area contributed by atoms with Crippen LogP contribution in [0.3, 0.4) is 0 Å². The first kappa shape index (κ1) is 18.6. The number of aromatic nitrogens is 5. The summed E-state index contributed by atoms with van der Waals surface area (Å²) in [4.78, 5) is 19.3. The molecular weight excluding hydrogens is 378 g/mol. The quantitative estimate of drug-likeness (QED) is 0.724. The minimum Gasteiger partial charge on any atom is -0.355 e. The Bertz CT molecular complexity index is 978. The highest BCUT2D eigenvalue weighted by Gasteiger charge is 2.26. The minimum atomic E-state index is -0.0365. The number of pyridine rings is 1. The Kier molecular flexibility index (Phi) is 5.13. The first-order chi connectivity index (χ1) is 13.5. The number of rotatable bonds is 4. The van der Waals surface area contributed by atoms with Crippen LogP contribution in [-0.4, -0.2) is 44.0 Å². The van der Waals surface area contributed by atoms with Crippen molar-refractivity contribution in [3.63, 3.8) is 0 Å². The van der Waals surface area contributed by atoms with Crippen molar-refractivity contribution in [3.05, 3.63) is 35.7 Å². The fourth-order valence-electron chi connectivity index (χ4n) is 3.48. The van der Waals surface area contributed by atoms with Crippen LogP contribution in [0.25, 0.3) is 11.0 Å². The largest absolute Gasteiger partial charge is 0.355 e. The normalized spacial score (nSPS) is 15.4. The molecule has 9 heteroatoms. The standard InChI is InChI=1S/C19H22ClN7O/c1-12(2)27-18-14(10-22-27)9-15(11-21-18)23-19(28)13-5-7-26(8-6-13)17-4-3-16(20)24-25-17/h3-4,9-13H,5-8H2,1-2H3,(H,23,28). The van der Waals surface area contributed by atoms with Gasteiger partial charge < -0.3 is 10.2 Å². The lowest BCUT2D eigenvalue weighted by Gasteiger charge is -2.31. The summed E-state index contributed by atoms with van der Waals surface area (Å²) in [6, 6.07) is 5.74. The third-order valence-electron chi connectivity index (χ3n) is 5.00. The molecule has 0 aromatic carbocycles. The number of fused-ring (bicyclic) bond motifs is 1. The van der Waals surface area contributed by atoms with Crippen molar-refractivity contribution in [3.8, 4) is 0 Å².